The molecule has 0 saturated carbocycles. The third-order valence-electron chi connectivity index (χ3n) is 4.54. The SMILES string of the molecule is Cn1nnnc1SCC1=C(C(=O)O)N2C(=O)CC2SC1NC(=O)/C(=N\O)c1csc(N)n1. The van der Waals surface area contributed by atoms with Gasteiger partial charge in [-0.2, -0.15) is 0 Å². The molecule has 5 N–H and O–H groups in total. The zero-order valence-electron chi connectivity index (χ0n) is 16.2. The van der Waals surface area contributed by atoms with Crippen molar-refractivity contribution in [3.05, 3.63) is 22.3 Å². The first-order valence-electron chi connectivity index (χ1n) is 8.83. The topological polar surface area (TPSA) is 202 Å². The summed E-state index contributed by atoms with van der Waals surface area (Å²) in [5, 5.41) is 36.8. The summed E-state index contributed by atoms with van der Waals surface area (Å²) >= 11 is 3.43. The molecule has 2 unspecified atom stereocenters. The summed E-state index contributed by atoms with van der Waals surface area (Å²) in [5.74, 6) is -2.30. The van der Waals surface area contributed by atoms with Gasteiger partial charge in [0.1, 0.15) is 16.8 Å². The summed E-state index contributed by atoms with van der Waals surface area (Å²) in [6, 6.07) is 0. The van der Waals surface area contributed by atoms with Gasteiger partial charge in [-0.1, -0.05) is 16.9 Å². The lowest BCUT2D eigenvalue weighted by Gasteiger charge is -2.46. The molecule has 2 amide bonds. The lowest BCUT2D eigenvalue weighted by molar-refractivity contribution is -0.146. The zero-order chi connectivity index (χ0) is 23.0. The van der Waals surface area contributed by atoms with E-state index in [2.05, 4.69) is 31.0 Å². The maximum atomic E-state index is 12.8. The molecule has 0 aliphatic carbocycles. The summed E-state index contributed by atoms with van der Waals surface area (Å²) in [5.41, 5.74) is 5.38. The van der Waals surface area contributed by atoms with Crippen molar-refractivity contribution in [1.82, 2.24) is 35.4 Å². The average molecular weight is 498 g/mol. The maximum Gasteiger partial charge on any atom is 0.352 e. The van der Waals surface area contributed by atoms with Crippen LogP contribution < -0.4 is 11.1 Å². The molecule has 14 nitrogen and oxygen atoms in total. The number of rotatable bonds is 7. The maximum absolute atomic E-state index is 12.8. The molecule has 1 fully saturated rings. The van der Waals surface area contributed by atoms with Gasteiger partial charge in [0, 0.05) is 23.8 Å². The number of oxime groups is 1. The van der Waals surface area contributed by atoms with Crippen LogP contribution in [0.1, 0.15) is 12.1 Å². The fourth-order valence-corrected chi connectivity index (χ4v) is 6.06. The number of nitrogen functional groups attached to an aromatic ring is 1. The third-order valence-corrected chi connectivity index (χ3v) is 7.64. The van der Waals surface area contributed by atoms with Crippen molar-refractivity contribution in [3.63, 3.8) is 0 Å². The Balaban J connectivity index is 1.64. The number of carboxylic acid groups (broad SMARTS) is 1. The lowest BCUT2D eigenvalue weighted by atomic mass is 10.1. The fraction of sp³-hybridized carbons (Fsp3) is 0.333. The van der Waals surface area contributed by atoms with Crippen LogP contribution in [-0.2, 0) is 21.4 Å². The number of thiazole rings is 1. The van der Waals surface area contributed by atoms with E-state index in [0.717, 1.165) is 23.1 Å². The highest BCUT2D eigenvalue weighted by molar-refractivity contribution is 8.01. The second-order valence-electron chi connectivity index (χ2n) is 6.48. The van der Waals surface area contributed by atoms with Crippen LogP contribution in [0, 0.1) is 0 Å². The first kappa shape index (κ1) is 22.0. The number of amides is 2. The molecule has 2 aliphatic rings. The molecule has 4 rings (SSSR count). The van der Waals surface area contributed by atoms with Crippen LogP contribution in [0.2, 0.25) is 0 Å². The molecule has 2 atom stereocenters. The Labute approximate surface area is 191 Å². The molecule has 2 aliphatic heterocycles. The number of aromatic nitrogens is 5. The summed E-state index contributed by atoms with van der Waals surface area (Å²) in [6.45, 7) is 0. The van der Waals surface area contributed by atoms with Crippen molar-refractivity contribution in [2.24, 2.45) is 12.2 Å². The molecule has 0 radical (unpaired) electrons. The first-order valence-corrected chi connectivity index (χ1v) is 11.6. The number of thioether (sulfide) groups is 2. The van der Waals surface area contributed by atoms with E-state index in [9.17, 15) is 24.7 Å². The van der Waals surface area contributed by atoms with Crippen molar-refractivity contribution < 1.29 is 24.7 Å². The standard InChI is InChI=1S/C15H15N9O5S3/c1-23-15(19-21-22-23)31-3-5-10(13(27)28)24-7(25)2-8(24)32-12(5)18-11(26)9(20-29)6-4-30-14(16)17-6/h4,8,12,29H,2-3H2,1H3,(H2,16,17)(H,18,26)(H,27,28)/b20-9-. The van der Waals surface area contributed by atoms with Crippen LogP contribution >= 0.6 is 34.9 Å². The van der Waals surface area contributed by atoms with Crippen molar-refractivity contribution in [2.45, 2.75) is 22.3 Å². The van der Waals surface area contributed by atoms with Gasteiger partial charge in [0.25, 0.3) is 5.91 Å². The average Bonchev–Trinajstić information content (AvgIpc) is 3.34. The summed E-state index contributed by atoms with van der Waals surface area (Å²) < 4.78 is 1.41. The summed E-state index contributed by atoms with van der Waals surface area (Å²) in [6.07, 6.45) is 0.144. The van der Waals surface area contributed by atoms with Crippen molar-refractivity contribution in [2.75, 3.05) is 11.5 Å². The number of β-lactam (4-membered cyclic amide) rings is 1. The number of nitrogens with two attached hydrogens (primary N) is 1. The van der Waals surface area contributed by atoms with Gasteiger partial charge in [-0.15, -0.1) is 28.2 Å². The fourth-order valence-electron chi connectivity index (χ4n) is 3.07. The first-order chi connectivity index (χ1) is 15.3. The summed E-state index contributed by atoms with van der Waals surface area (Å²) in [4.78, 5) is 42.1. The number of aryl methyl sites for hydroxylation is 1. The minimum atomic E-state index is -1.29. The zero-order valence-corrected chi connectivity index (χ0v) is 18.6. The van der Waals surface area contributed by atoms with E-state index in [4.69, 9.17) is 5.73 Å². The molecular weight excluding hydrogens is 482 g/mol. The number of nitrogens with zero attached hydrogens (tertiary/aromatic N) is 7. The van der Waals surface area contributed by atoms with Crippen molar-refractivity contribution >= 4 is 63.5 Å². The Bertz CT molecular complexity index is 1160. The number of anilines is 1. The lowest BCUT2D eigenvalue weighted by Crippen LogP contribution is -2.58. The van der Waals surface area contributed by atoms with Crippen LogP contribution in [0.15, 0.2) is 27.0 Å². The molecule has 32 heavy (non-hydrogen) atoms. The Hall–Kier alpha value is -3.18. The van der Waals surface area contributed by atoms with E-state index in [1.54, 1.807) is 7.05 Å². The number of hydrogen-bond acceptors (Lipinski definition) is 13. The molecule has 168 valence electrons. The number of fused-ring (bicyclic) bond motifs is 1. The highest BCUT2D eigenvalue weighted by Crippen LogP contribution is 2.44. The molecule has 4 heterocycles. The molecule has 1 saturated heterocycles. The second kappa shape index (κ2) is 8.75. The second-order valence-corrected chi connectivity index (χ2v) is 9.60. The highest BCUT2D eigenvalue weighted by atomic mass is 32.2. The van der Waals surface area contributed by atoms with Gasteiger partial charge in [-0.3, -0.25) is 14.5 Å². The Morgan fingerprint density at radius 3 is 2.81 bits per heavy atom. The van der Waals surface area contributed by atoms with Crippen LogP contribution in [0.4, 0.5) is 5.13 Å². The number of tetrazole rings is 1. The van der Waals surface area contributed by atoms with Gasteiger partial charge in [-0.25, -0.2) is 14.5 Å². The number of hydrogen-bond donors (Lipinski definition) is 4. The smallest absolute Gasteiger partial charge is 0.352 e. The van der Waals surface area contributed by atoms with Gasteiger partial charge in [-0.05, 0) is 10.4 Å². The Morgan fingerprint density at radius 1 is 1.47 bits per heavy atom. The van der Waals surface area contributed by atoms with E-state index in [0.29, 0.717) is 5.16 Å². The predicted octanol–water partition coefficient (Wildman–Crippen LogP) is -0.694. The largest absolute Gasteiger partial charge is 0.477 e. The van der Waals surface area contributed by atoms with E-state index in [-0.39, 0.29) is 45.9 Å². The highest BCUT2D eigenvalue weighted by Gasteiger charge is 2.49. The van der Waals surface area contributed by atoms with E-state index in [1.807, 2.05) is 0 Å². The molecule has 0 bridgehead atoms. The number of carbonyl (C=O) groups excluding carboxylic acids is 2. The van der Waals surface area contributed by atoms with Crippen LogP contribution in [0.5, 0.6) is 0 Å². The molecule has 0 aromatic carbocycles. The molecule has 2 aromatic heterocycles. The monoisotopic (exact) mass is 497 g/mol. The third kappa shape index (κ3) is 4.00. The van der Waals surface area contributed by atoms with Gasteiger partial charge < -0.3 is 21.4 Å². The van der Waals surface area contributed by atoms with Gasteiger partial charge in [0.2, 0.25) is 11.1 Å². The molecular formula is C15H15N9O5S3. The van der Waals surface area contributed by atoms with Crippen molar-refractivity contribution in [3.8, 4) is 0 Å². The Morgan fingerprint density at radius 2 is 2.25 bits per heavy atom. The van der Waals surface area contributed by atoms with E-state index >= 15 is 0 Å². The molecule has 2 aromatic rings. The minimum absolute atomic E-state index is 0.0808. The molecule has 0 spiro atoms. The van der Waals surface area contributed by atoms with Crippen LogP contribution in [-0.4, -0.2) is 80.4 Å². The predicted molar refractivity (Wildman–Crippen MR) is 114 cm³/mol. The normalized spacial score (nSPS) is 20.7. The van der Waals surface area contributed by atoms with E-state index < -0.39 is 22.6 Å². The molecule has 17 heteroatoms. The van der Waals surface area contributed by atoms with Crippen molar-refractivity contribution in [1.29, 1.82) is 0 Å². The van der Waals surface area contributed by atoms with Gasteiger partial charge in [0.15, 0.2) is 10.8 Å². The number of nitrogens with one attached hydrogen (secondary N) is 1. The number of carbonyl (C=O) groups is 3. The van der Waals surface area contributed by atoms with Gasteiger partial charge >= 0.3 is 5.97 Å². The minimum Gasteiger partial charge on any atom is -0.477 e. The van der Waals surface area contributed by atoms with Gasteiger partial charge in [0.05, 0.1) is 11.8 Å². The number of carboxylic acids is 1. The van der Waals surface area contributed by atoms with E-state index in [1.165, 1.54) is 26.7 Å². The van der Waals surface area contributed by atoms with Crippen LogP contribution in [0.3, 0.4) is 0 Å². The quantitative estimate of drug-likeness (QED) is 0.123. The Kier molecular flexibility index (Phi) is 6.02. The summed E-state index contributed by atoms with van der Waals surface area (Å²) in [7, 11) is 1.63. The number of aliphatic carboxylic acids is 1. The van der Waals surface area contributed by atoms with Crippen LogP contribution in [0.25, 0.3) is 0 Å².